The minimum atomic E-state index is -4.41. The van der Waals surface area contributed by atoms with Gasteiger partial charge in [-0.2, -0.15) is 0 Å². The van der Waals surface area contributed by atoms with E-state index in [0.29, 0.717) is 71.0 Å². The molecule has 4 saturated heterocycles. The largest absolute Gasteiger partial charge is 1.00 e. The smallest absolute Gasteiger partial charge is 0.744 e. The second-order valence-electron chi connectivity index (χ2n) is 34.2. The van der Waals surface area contributed by atoms with Crippen molar-refractivity contribution in [1.29, 1.82) is 0 Å². The Labute approximate surface area is 855 Å². The van der Waals surface area contributed by atoms with Crippen LogP contribution in [0, 0.1) is 0 Å². The summed E-state index contributed by atoms with van der Waals surface area (Å²) in [7, 11) is -4.41. The zero-order valence-corrected chi connectivity index (χ0v) is 86.9. The third-order valence-electron chi connectivity index (χ3n) is 24.5. The van der Waals surface area contributed by atoms with Crippen molar-refractivity contribution >= 4 is 117 Å². The van der Waals surface area contributed by atoms with Gasteiger partial charge in [0.05, 0.1) is 42.1 Å². The van der Waals surface area contributed by atoms with E-state index in [1.807, 2.05) is 54.2 Å². The SMILES string of the molecule is C1CCNCC1.CSC1NCCc2c(OCCCCN3CCCCC3)cccc21.ClCCCCBr.F.O=C1NCCc2c(O)cccc21.O=C1NCCc2c(OCCCCCl)cccc21.O=C1NCCc2c(OCCCCN3CCCCC3)cccc21.O=S(=O)([O-])c1cccc2cnccc12.O=c1[nH]ccc2c(O)cccc12.S=C1NCCc2c(OCCCCN3CCCCC3)cccc21.[3HH].[Na+]. The predicted molar refractivity (Wildman–Crippen MR) is 555 cm³/mol. The Morgan fingerprint density at radius 1 is 0.471 bits per heavy atom. The number of fused-ring (bicyclic) bond motifs is 7. The van der Waals surface area contributed by atoms with Crippen molar-refractivity contribution in [3.05, 3.63) is 224 Å². The Bertz CT molecular complexity index is 5170. The van der Waals surface area contributed by atoms with Crippen LogP contribution in [0.5, 0.6) is 34.5 Å². The van der Waals surface area contributed by atoms with Crippen LogP contribution in [0.15, 0.2) is 168 Å². The first-order chi connectivity index (χ1) is 65.5. The number of hydrogen-bond acceptors (Lipinski definition) is 21. The molecule has 18 rings (SSSR count). The molecular formula is C104H142BrCl2FN11NaO13S3. The summed E-state index contributed by atoms with van der Waals surface area (Å²) in [6.07, 6.45) is 39.1. The van der Waals surface area contributed by atoms with Crippen molar-refractivity contribution in [2.24, 2.45) is 0 Å². The zero-order valence-electron chi connectivity index (χ0n) is 79.4. The number of alkyl halides is 3. The molecule has 9 aliphatic heterocycles. The Hall–Kier alpha value is -7.69. The summed E-state index contributed by atoms with van der Waals surface area (Å²) in [5.74, 6) is 5.63. The number of hydrogen-bond donors (Lipinski definition) is 9. The van der Waals surface area contributed by atoms with Gasteiger partial charge in [0.15, 0.2) is 0 Å². The van der Waals surface area contributed by atoms with E-state index in [2.05, 4.69) is 109 Å². The number of halogens is 4. The van der Waals surface area contributed by atoms with Gasteiger partial charge >= 0.3 is 29.6 Å². The van der Waals surface area contributed by atoms with Crippen molar-refractivity contribution in [3.63, 3.8) is 0 Å². The number of thiocarbonyl (C=S) groups is 1. The normalized spacial score (nSPS) is 16.4. The van der Waals surface area contributed by atoms with Gasteiger partial charge < -0.3 is 85.3 Å². The summed E-state index contributed by atoms with van der Waals surface area (Å²) in [5, 5.41) is 40.9. The third kappa shape index (κ3) is 38.1. The quantitative estimate of drug-likeness (QED) is 0.00723. The fraction of sp³-hybridized carbons (Fsp3) is 0.500. The number of piperidine rings is 4. The maximum absolute atomic E-state index is 11.8. The summed E-state index contributed by atoms with van der Waals surface area (Å²) in [6, 6.07) is 41.8. The molecule has 0 radical (unpaired) electrons. The van der Waals surface area contributed by atoms with E-state index >= 15 is 0 Å². The molecule has 2 aromatic heterocycles. The number of phenolic OH excluding ortho intramolecular Hbond substituents is 2. The minimum Gasteiger partial charge on any atom is -0.744 e. The summed E-state index contributed by atoms with van der Waals surface area (Å²) in [5.41, 5.74) is 10.1. The van der Waals surface area contributed by atoms with E-state index in [0.717, 1.165) is 170 Å². The zero-order chi connectivity index (χ0) is 94.8. The topological polar surface area (TPSA) is 313 Å². The summed E-state index contributed by atoms with van der Waals surface area (Å²) in [4.78, 5) is 60.6. The number of unbranched alkanes of at least 4 members (excludes halogenated alkanes) is 5. The number of carbonyl (C=O) groups excluding carboxylic acids is 3. The fourth-order valence-electron chi connectivity index (χ4n) is 17.3. The first kappa shape index (κ1) is 114. The molecule has 136 heavy (non-hydrogen) atoms. The van der Waals surface area contributed by atoms with Crippen LogP contribution < -0.4 is 86.0 Å². The fourth-order valence-corrected chi connectivity index (χ4v) is 19.8. The van der Waals surface area contributed by atoms with Crippen molar-refractivity contribution in [1.82, 2.24) is 56.6 Å². The monoisotopic (exact) mass is 2040 g/mol. The van der Waals surface area contributed by atoms with Gasteiger partial charge in [0.2, 0.25) is 0 Å². The van der Waals surface area contributed by atoms with Crippen LogP contribution in [0.3, 0.4) is 0 Å². The molecule has 9 aromatic rings. The summed E-state index contributed by atoms with van der Waals surface area (Å²) < 4.78 is 56.4. The van der Waals surface area contributed by atoms with E-state index in [1.165, 1.54) is 228 Å². The number of carbonyl (C=O) groups is 3. The molecule has 0 bridgehead atoms. The maximum Gasteiger partial charge on any atom is 1.00 e. The maximum atomic E-state index is 11.8. The number of aromatic hydroxyl groups is 2. The molecule has 0 saturated carbocycles. The molecule has 9 aliphatic rings. The molecule has 3 amide bonds. The number of rotatable bonds is 28. The molecule has 4 fully saturated rings. The van der Waals surface area contributed by atoms with Gasteiger partial charge in [-0.25, -0.2) is 8.42 Å². The van der Waals surface area contributed by atoms with Crippen molar-refractivity contribution in [2.75, 3.05) is 154 Å². The number of H-pyrrole nitrogens is 1. The molecule has 9 N–H and O–H groups in total. The number of ether oxygens (including phenoxy) is 4. The molecule has 7 aromatic carbocycles. The molecule has 0 spiro atoms. The van der Waals surface area contributed by atoms with Crippen LogP contribution in [-0.4, -0.2) is 225 Å². The average molecular weight is 2050 g/mol. The number of likely N-dealkylation sites (tertiary alicyclic amines) is 3. The van der Waals surface area contributed by atoms with Gasteiger partial charge in [-0.3, -0.25) is 28.9 Å². The van der Waals surface area contributed by atoms with Gasteiger partial charge in [-0.1, -0.05) is 114 Å². The minimum absolute atomic E-state index is 0. The molecular weight excluding hydrogens is 1900 g/mol. The third-order valence-corrected chi connectivity index (χ3v) is 27.7. The Morgan fingerprint density at radius 2 is 0.890 bits per heavy atom. The molecule has 0 aliphatic carbocycles. The molecule has 1 unspecified atom stereocenters. The second kappa shape index (κ2) is 64.6. The van der Waals surface area contributed by atoms with Crippen LogP contribution in [0.2, 0.25) is 0 Å². The number of aromatic nitrogens is 2. The predicted octanol–water partition coefficient (Wildman–Crippen LogP) is 15.6. The Balaban J connectivity index is 0.000000215. The van der Waals surface area contributed by atoms with Gasteiger partial charge in [0.1, 0.15) is 49.6 Å². The van der Waals surface area contributed by atoms with E-state index in [1.54, 1.807) is 48.5 Å². The van der Waals surface area contributed by atoms with Crippen LogP contribution in [0.25, 0.3) is 21.5 Å². The van der Waals surface area contributed by atoms with Gasteiger partial charge in [-0.15, -0.1) is 35.0 Å². The van der Waals surface area contributed by atoms with Crippen molar-refractivity contribution < 1.29 is 92.2 Å². The molecule has 1 atom stereocenters. The summed E-state index contributed by atoms with van der Waals surface area (Å²) in [6.45, 7) is 20.9. The Morgan fingerprint density at radius 3 is 1.35 bits per heavy atom. The molecule has 11 heterocycles. The van der Waals surface area contributed by atoms with Crippen LogP contribution in [0.4, 0.5) is 4.70 Å². The van der Waals surface area contributed by atoms with E-state index in [4.69, 9.17) is 54.4 Å². The number of pyridine rings is 2. The van der Waals surface area contributed by atoms with Gasteiger partial charge in [0.25, 0.3) is 23.3 Å². The number of phenols is 2. The summed E-state index contributed by atoms with van der Waals surface area (Å²) >= 11 is 21.5. The molecule has 32 heteroatoms. The van der Waals surface area contributed by atoms with Crippen LogP contribution in [-0.2, 0) is 42.2 Å². The number of thioether (sulfide) groups is 1. The van der Waals surface area contributed by atoms with Crippen molar-refractivity contribution in [3.8, 4) is 34.5 Å². The number of nitrogens with one attached hydrogen (secondary N) is 7. The second-order valence-corrected chi connectivity index (χ2v) is 38.4. The number of aromatic amines is 1. The number of nitrogens with zero attached hydrogens (tertiary/aromatic N) is 4. The first-order valence-electron chi connectivity index (χ1n) is 48.3. The van der Waals surface area contributed by atoms with Crippen LogP contribution in [0.1, 0.15) is 218 Å². The van der Waals surface area contributed by atoms with Gasteiger partial charge in [0, 0.05) is 136 Å². The van der Waals surface area contributed by atoms with Gasteiger partial charge in [-0.05, 0) is 310 Å². The van der Waals surface area contributed by atoms with E-state index in [9.17, 15) is 42.4 Å². The van der Waals surface area contributed by atoms with Crippen molar-refractivity contribution in [2.45, 2.75) is 184 Å². The van der Waals surface area contributed by atoms with E-state index < -0.39 is 10.1 Å². The average Bonchev–Trinajstić information content (AvgIpc) is 0.822. The molecule has 24 nitrogen and oxygen atoms in total. The Kier molecular flexibility index (Phi) is 54.0. The van der Waals surface area contributed by atoms with Crippen LogP contribution >= 0.6 is 63.1 Å². The first-order valence-corrected chi connectivity index (χ1v) is 53.6. The standard InChI is InChI=1S/C19H30N2OS.C18H26N2O2.C18H26N2OS.C13H16ClNO2.C9H7NO3S.C9H9NO2.C9H7NO2.C5H11N.C4H8BrCl.FH.Na.H2/c1-23-19-17-8-7-9-18(16(17)10-11-20-19)22-15-6-5-14-21-12-3-2-4-13-21;21-18-16-7-6-8-17(15(16)9-10-19-18)22-14-5-4-13-20-11-2-1-3-12-20;22-18-16-7-6-8-17(15(16)9-10-19-18)21-14-5-4-13-20-11-2-1-3-12-20;14-7-1-2-9-17-12-5-3-4-11-10(12)6-8-15-13(11)16;11-14(12,13)9-3-1-2-7-6-10-5-4-8(7)9;2*11-8-3-1-2-7-6(8)4-5-10-9(7)12;1-2-4-6-5-3-1;5-3-1-2-4-6;;;/h7-9,19-20H,2-6,10-15H2,1H3;6-8H,1-5,9-14H2,(H,19,21);6-8H,1-5,9-14H2,(H,19,22);3-5H,1-2,6-9H2,(H,15,16);1-6H,(H,11,12,13);1-3,11H,4-5H2,(H,10,12);1-5,11H,(H,10,12);6H,1-5H2;1-4H2;1H;;1H/q;;;;;;;;;;+1;/p-1/i;;;;;;;;;;;1+2. The number of amides is 3. The number of benzene rings is 7. The van der Waals surface area contributed by atoms with E-state index in [-0.39, 0.29) is 75.4 Å². The molecule has 738 valence electrons.